The molecule has 2 rings (SSSR count). The van der Waals surface area contributed by atoms with E-state index in [2.05, 4.69) is 5.32 Å². The Kier molecular flexibility index (Phi) is 1.72. The van der Waals surface area contributed by atoms with Crippen LogP contribution < -0.4 is 5.32 Å². The SMILES string of the molecule is O=S1(=O)CC2CNCC2(CO)C1. The second kappa shape index (κ2) is 2.43. The van der Waals surface area contributed by atoms with Crippen LogP contribution in [-0.4, -0.2) is 44.7 Å². The van der Waals surface area contributed by atoms with Crippen molar-refractivity contribution in [1.29, 1.82) is 0 Å². The van der Waals surface area contributed by atoms with Gasteiger partial charge < -0.3 is 10.4 Å². The molecule has 0 aromatic carbocycles. The molecule has 4 nitrogen and oxygen atoms in total. The summed E-state index contributed by atoms with van der Waals surface area (Å²) in [5.74, 6) is 0.543. The van der Waals surface area contributed by atoms with Crippen molar-refractivity contribution < 1.29 is 13.5 Å². The molecule has 0 radical (unpaired) electrons. The highest BCUT2D eigenvalue weighted by Gasteiger charge is 2.52. The standard InChI is InChI=1S/C7H13NO3S/c9-4-7-3-8-1-6(7)2-12(10,11)5-7/h6,8-9H,1-5H2. The van der Waals surface area contributed by atoms with Crippen LogP contribution >= 0.6 is 0 Å². The summed E-state index contributed by atoms with van der Waals surface area (Å²) in [7, 11) is -2.88. The lowest BCUT2D eigenvalue weighted by atomic mass is 9.82. The summed E-state index contributed by atoms with van der Waals surface area (Å²) in [4.78, 5) is 0. The van der Waals surface area contributed by atoms with Gasteiger partial charge in [-0.25, -0.2) is 8.42 Å². The highest BCUT2D eigenvalue weighted by Crippen LogP contribution is 2.39. The predicted octanol–water partition coefficient (Wildman–Crippen LogP) is -1.39. The Hall–Kier alpha value is -0.130. The average molecular weight is 191 g/mol. The van der Waals surface area contributed by atoms with Gasteiger partial charge in [0, 0.05) is 12.0 Å². The van der Waals surface area contributed by atoms with Gasteiger partial charge >= 0.3 is 0 Å². The number of hydrogen-bond acceptors (Lipinski definition) is 4. The minimum absolute atomic E-state index is 0.0100. The van der Waals surface area contributed by atoms with Crippen molar-refractivity contribution in [2.75, 3.05) is 31.2 Å². The summed E-state index contributed by atoms with van der Waals surface area (Å²) in [6.45, 7) is 1.37. The fourth-order valence-electron chi connectivity index (χ4n) is 2.29. The van der Waals surface area contributed by atoms with E-state index >= 15 is 0 Å². The van der Waals surface area contributed by atoms with Gasteiger partial charge in [-0.1, -0.05) is 0 Å². The minimum Gasteiger partial charge on any atom is -0.396 e. The highest BCUT2D eigenvalue weighted by atomic mass is 32.2. The fraction of sp³-hybridized carbons (Fsp3) is 1.00. The van der Waals surface area contributed by atoms with Gasteiger partial charge in [0.1, 0.15) is 0 Å². The molecule has 0 spiro atoms. The number of hydrogen-bond donors (Lipinski definition) is 2. The van der Waals surface area contributed by atoms with Crippen molar-refractivity contribution in [2.24, 2.45) is 11.3 Å². The molecular formula is C7H13NO3S. The minimum atomic E-state index is -2.88. The molecule has 2 aliphatic rings. The zero-order valence-electron chi connectivity index (χ0n) is 6.78. The molecule has 2 fully saturated rings. The summed E-state index contributed by atoms with van der Waals surface area (Å²) in [6, 6.07) is 0. The lowest BCUT2D eigenvalue weighted by molar-refractivity contribution is 0.137. The molecule has 2 unspecified atom stereocenters. The molecule has 0 aliphatic carbocycles. The normalized spacial score (nSPS) is 44.6. The summed E-state index contributed by atoms with van der Waals surface area (Å²) in [6.07, 6.45) is 0. The van der Waals surface area contributed by atoms with Gasteiger partial charge in [-0.05, 0) is 12.5 Å². The predicted molar refractivity (Wildman–Crippen MR) is 44.5 cm³/mol. The molecule has 70 valence electrons. The van der Waals surface area contributed by atoms with Gasteiger partial charge in [0.2, 0.25) is 0 Å². The topological polar surface area (TPSA) is 66.4 Å². The molecular weight excluding hydrogens is 178 g/mol. The van der Waals surface area contributed by atoms with Gasteiger partial charge in [0.25, 0.3) is 0 Å². The zero-order valence-corrected chi connectivity index (χ0v) is 7.60. The number of fused-ring (bicyclic) bond motifs is 1. The third kappa shape index (κ3) is 1.08. The Bertz CT molecular complexity index is 287. The van der Waals surface area contributed by atoms with E-state index in [1.165, 1.54) is 0 Å². The van der Waals surface area contributed by atoms with Crippen molar-refractivity contribution in [3.05, 3.63) is 0 Å². The maximum absolute atomic E-state index is 11.3. The molecule has 12 heavy (non-hydrogen) atoms. The van der Waals surface area contributed by atoms with Gasteiger partial charge in [-0.15, -0.1) is 0 Å². The lowest BCUT2D eigenvalue weighted by Crippen LogP contribution is -2.34. The van der Waals surface area contributed by atoms with Crippen molar-refractivity contribution >= 4 is 9.84 Å². The van der Waals surface area contributed by atoms with E-state index in [1.54, 1.807) is 0 Å². The molecule has 2 atom stereocenters. The first-order chi connectivity index (χ1) is 5.58. The number of sulfone groups is 1. The van der Waals surface area contributed by atoms with E-state index in [0.29, 0.717) is 6.54 Å². The number of aliphatic hydroxyl groups is 1. The van der Waals surface area contributed by atoms with Crippen LogP contribution in [0.4, 0.5) is 0 Å². The lowest BCUT2D eigenvalue weighted by Gasteiger charge is -2.22. The number of rotatable bonds is 1. The van der Waals surface area contributed by atoms with E-state index in [-0.39, 0.29) is 29.4 Å². The van der Waals surface area contributed by atoms with Gasteiger partial charge in [0.15, 0.2) is 9.84 Å². The van der Waals surface area contributed by atoms with Crippen LogP contribution in [-0.2, 0) is 9.84 Å². The van der Waals surface area contributed by atoms with Crippen molar-refractivity contribution in [2.45, 2.75) is 0 Å². The molecule has 0 amide bonds. The first-order valence-electron chi connectivity index (χ1n) is 4.10. The summed E-state index contributed by atoms with van der Waals surface area (Å²) >= 11 is 0. The third-order valence-corrected chi connectivity index (χ3v) is 4.94. The first-order valence-corrected chi connectivity index (χ1v) is 5.92. The first kappa shape index (κ1) is 8.47. The summed E-state index contributed by atoms with van der Waals surface area (Å²) < 4.78 is 22.5. The monoisotopic (exact) mass is 191 g/mol. The average Bonchev–Trinajstić information content (AvgIpc) is 2.40. The van der Waals surface area contributed by atoms with E-state index in [9.17, 15) is 8.42 Å². The van der Waals surface area contributed by atoms with E-state index in [4.69, 9.17) is 5.11 Å². The fourth-order valence-corrected chi connectivity index (χ4v) is 4.80. The zero-order chi connectivity index (χ0) is 8.82. The molecule has 2 N–H and O–H groups in total. The second-order valence-corrected chi connectivity index (χ2v) is 6.01. The Balaban J connectivity index is 2.32. The molecule has 0 bridgehead atoms. The molecule has 0 aromatic rings. The van der Waals surface area contributed by atoms with Gasteiger partial charge in [-0.2, -0.15) is 0 Å². The Morgan fingerprint density at radius 2 is 2.33 bits per heavy atom. The Morgan fingerprint density at radius 1 is 1.58 bits per heavy atom. The molecule has 0 saturated carbocycles. The van der Waals surface area contributed by atoms with Crippen LogP contribution in [0.25, 0.3) is 0 Å². The quantitative estimate of drug-likeness (QED) is 0.536. The molecule has 2 aliphatic heterocycles. The second-order valence-electron chi connectivity index (χ2n) is 3.90. The summed E-state index contributed by atoms with van der Waals surface area (Å²) in [5.41, 5.74) is -0.362. The maximum atomic E-state index is 11.3. The maximum Gasteiger partial charge on any atom is 0.151 e. The van der Waals surface area contributed by atoms with Crippen LogP contribution in [0.15, 0.2) is 0 Å². The van der Waals surface area contributed by atoms with Crippen LogP contribution in [0.3, 0.4) is 0 Å². The van der Waals surface area contributed by atoms with Crippen molar-refractivity contribution in [3.8, 4) is 0 Å². The highest BCUT2D eigenvalue weighted by molar-refractivity contribution is 7.91. The van der Waals surface area contributed by atoms with E-state index < -0.39 is 9.84 Å². The van der Waals surface area contributed by atoms with Gasteiger partial charge in [-0.3, -0.25) is 0 Å². The summed E-state index contributed by atoms with van der Waals surface area (Å²) in [5, 5.41) is 12.3. The Morgan fingerprint density at radius 3 is 2.92 bits per heavy atom. The third-order valence-electron chi connectivity index (χ3n) is 3.01. The van der Waals surface area contributed by atoms with E-state index in [0.717, 1.165) is 6.54 Å². The van der Waals surface area contributed by atoms with Crippen molar-refractivity contribution in [1.82, 2.24) is 5.32 Å². The van der Waals surface area contributed by atoms with Gasteiger partial charge in [0.05, 0.1) is 18.1 Å². The molecule has 0 aromatic heterocycles. The largest absolute Gasteiger partial charge is 0.396 e. The number of nitrogens with one attached hydrogen (secondary N) is 1. The Labute approximate surface area is 71.9 Å². The number of aliphatic hydroxyl groups excluding tert-OH is 1. The van der Waals surface area contributed by atoms with Crippen LogP contribution in [0.1, 0.15) is 0 Å². The van der Waals surface area contributed by atoms with Crippen LogP contribution in [0, 0.1) is 11.3 Å². The smallest absolute Gasteiger partial charge is 0.151 e. The molecule has 2 heterocycles. The van der Waals surface area contributed by atoms with Crippen LogP contribution in [0.2, 0.25) is 0 Å². The van der Waals surface area contributed by atoms with Crippen molar-refractivity contribution in [3.63, 3.8) is 0 Å². The molecule has 2 saturated heterocycles. The van der Waals surface area contributed by atoms with E-state index in [1.807, 2.05) is 0 Å². The molecule has 5 heteroatoms. The van der Waals surface area contributed by atoms with Crippen LogP contribution in [0.5, 0.6) is 0 Å².